The summed E-state index contributed by atoms with van der Waals surface area (Å²) in [4.78, 5) is 9.53. The molecule has 1 aromatic heterocycles. The number of aromatic nitrogens is 2. The Kier molecular flexibility index (Phi) is 6.24. The molecular weight excluding hydrogens is 338 g/mol. The van der Waals surface area contributed by atoms with Gasteiger partial charge < -0.3 is 15.2 Å². The van der Waals surface area contributed by atoms with Crippen LogP contribution in [-0.4, -0.2) is 41.4 Å². The minimum atomic E-state index is -0.470. The first-order valence-corrected chi connectivity index (χ1v) is 9.12. The third-order valence-corrected chi connectivity index (χ3v) is 4.63. The summed E-state index contributed by atoms with van der Waals surface area (Å²) in [6.45, 7) is 0.986. The Morgan fingerprint density at radius 2 is 2.12 bits per heavy atom. The quantitative estimate of drug-likeness (QED) is 0.790. The standard InChI is InChI=1S/C19H24ClN3O2/c1-25-12-15(24)9-10-21-19-16-7-2-3-8-17(16)22-18(23-19)13-5-4-6-14(20)11-13/h4-6,11,15,24H,2-3,7-10,12H2,1H3,(H,21,22,23). The van der Waals surface area contributed by atoms with Crippen molar-refractivity contribution >= 4 is 17.4 Å². The van der Waals surface area contributed by atoms with Gasteiger partial charge in [0.1, 0.15) is 5.82 Å². The first-order chi connectivity index (χ1) is 12.2. The highest BCUT2D eigenvalue weighted by atomic mass is 35.5. The summed E-state index contributed by atoms with van der Waals surface area (Å²) < 4.78 is 4.97. The number of halogens is 1. The van der Waals surface area contributed by atoms with Crippen molar-refractivity contribution in [3.05, 3.63) is 40.5 Å². The van der Waals surface area contributed by atoms with Crippen LogP contribution < -0.4 is 5.32 Å². The molecule has 6 heteroatoms. The van der Waals surface area contributed by atoms with E-state index >= 15 is 0 Å². The molecule has 2 N–H and O–H groups in total. The summed E-state index contributed by atoms with van der Waals surface area (Å²) in [5.74, 6) is 1.58. The summed E-state index contributed by atoms with van der Waals surface area (Å²) >= 11 is 6.12. The fourth-order valence-electron chi connectivity index (χ4n) is 3.13. The fraction of sp³-hybridized carbons (Fsp3) is 0.474. The lowest BCUT2D eigenvalue weighted by Crippen LogP contribution is -2.20. The largest absolute Gasteiger partial charge is 0.391 e. The molecule has 1 aliphatic rings. The van der Waals surface area contributed by atoms with E-state index in [1.807, 2.05) is 24.3 Å². The Morgan fingerprint density at radius 1 is 1.28 bits per heavy atom. The predicted octanol–water partition coefficient (Wildman–Crippen LogP) is 3.49. The van der Waals surface area contributed by atoms with Crippen LogP contribution in [0.1, 0.15) is 30.5 Å². The van der Waals surface area contributed by atoms with Gasteiger partial charge in [0, 0.05) is 35.5 Å². The topological polar surface area (TPSA) is 67.3 Å². The zero-order valence-corrected chi connectivity index (χ0v) is 15.2. The van der Waals surface area contributed by atoms with Gasteiger partial charge in [0.25, 0.3) is 0 Å². The molecule has 1 heterocycles. The van der Waals surface area contributed by atoms with Gasteiger partial charge >= 0.3 is 0 Å². The highest BCUT2D eigenvalue weighted by molar-refractivity contribution is 6.30. The second-order valence-corrected chi connectivity index (χ2v) is 6.80. The zero-order chi connectivity index (χ0) is 17.6. The van der Waals surface area contributed by atoms with Crippen molar-refractivity contribution in [2.45, 2.75) is 38.2 Å². The monoisotopic (exact) mass is 361 g/mol. The number of hydrogen-bond donors (Lipinski definition) is 2. The van der Waals surface area contributed by atoms with Crippen LogP contribution in [0, 0.1) is 0 Å². The van der Waals surface area contributed by atoms with Gasteiger partial charge in [0.05, 0.1) is 12.7 Å². The van der Waals surface area contributed by atoms with Gasteiger partial charge in [0.2, 0.25) is 0 Å². The number of ether oxygens (including phenoxy) is 1. The molecule has 0 amide bonds. The van der Waals surface area contributed by atoms with Gasteiger partial charge in [0.15, 0.2) is 5.82 Å². The molecule has 2 aromatic rings. The molecule has 25 heavy (non-hydrogen) atoms. The number of aryl methyl sites for hydroxylation is 1. The molecule has 0 fully saturated rings. The van der Waals surface area contributed by atoms with Crippen molar-refractivity contribution < 1.29 is 9.84 Å². The molecule has 5 nitrogen and oxygen atoms in total. The lowest BCUT2D eigenvalue weighted by Gasteiger charge is -2.20. The van der Waals surface area contributed by atoms with Gasteiger partial charge in [-0.2, -0.15) is 0 Å². The number of benzene rings is 1. The number of hydrogen-bond acceptors (Lipinski definition) is 5. The first-order valence-electron chi connectivity index (χ1n) is 8.74. The third-order valence-electron chi connectivity index (χ3n) is 4.39. The molecule has 0 spiro atoms. The summed E-state index contributed by atoms with van der Waals surface area (Å²) in [5, 5.41) is 13.9. The highest BCUT2D eigenvalue weighted by Crippen LogP contribution is 2.29. The molecule has 3 rings (SSSR count). The van der Waals surface area contributed by atoms with E-state index in [0.29, 0.717) is 30.4 Å². The second kappa shape index (κ2) is 8.61. The van der Waals surface area contributed by atoms with E-state index < -0.39 is 6.10 Å². The number of anilines is 1. The van der Waals surface area contributed by atoms with Crippen LogP contribution in [-0.2, 0) is 17.6 Å². The zero-order valence-electron chi connectivity index (χ0n) is 14.5. The number of aliphatic hydroxyl groups is 1. The van der Waals surface area contributed by atoms with Crippen LogP contribution in [0.15, 0.2) is 24.3 Å². The summed E-state index contributed by atoms with van der Waals surface area (Å²) in [6.07, 6.45) is 4.43. The fourth-order valence-corrected chi connectivity index (χ4v) is 3.32. The molecule has 0 saturated heterocycles. The molecule has 0 aliphatic heterocycles. The van der Waals surface area contributed by atoms with Gasteiger partial charge in [-0.05, 0) is 44.2 Å². The van der Waals surface area contributed by atoms with Gasteiger partial charge in [-0.1, -0.05) is 23.7 Å². The Morgan fingerprint density at radius 3 is 2.92 bits per heavy atom. The maximum absolute atomic E-state index is 9.82. The van der Waals surface area contributed by atoms with Gasteiger partial charge in [-0.25, -0.2) is 9.97 Å². The Balaban J connectivity index is 1.84. The average Bonchev–Trinajstić information content (AvgIpc) is 2.62. The summed E-state index contributed by atoms with van der Waals surface area (Å²) in [7, 11) is 1.59. The molecular formula is C19H24ClN3O2. The average molecular weight is 362 g/mol. The summed E-state index contributed by atoms with van der Waals surface area (Å²) in [5.41, 5.74) is 3.25. The van der Waals surface area contributed by atoms with Crippen LogP contribution in [0.2, 0.25) is 5.02 Å². The van der Waals surface area contributed by atoms with E-state index in [1.54, 1.807) is 7.11 Å². The Hall–Kier alpha value is -1.69. The minimum Gasteiger partial charge on any atom is -0.391 e. The van der Waals surface area contributed by atoms with E-state index in [0.717, 1.165) is 42.8 Å². The third kappa shape index (κ3) is 4.69. The molecule has 1 unspecified atom stereocenters. The second-order valence-electron chi connectivity index (χ2n) is 6.36. The number of methoxy groups -OCH3 is 1. The van der Waals surface area contributed by atoms with E-state index in [-0.39, 0.29) is 0 Å². The van der Waals surface area contributed by atoms with Crippen LogP contribution in [0.5, 0.6) is 0 Å². The lowest BCUT2D eigenvalue weighted by atomic mass is 9.96. The number of rotatable bonds is 7. The normalized spacial score (nSPS) is 14.8. The van der Waals surface area contributed by atoms with Crippen molar-refractivity contribution in [2.75, 3.05) is 25.6 Å². The van der Waals surface area contributed by atoms with Crippen molar-refractivity contribution in [3.63, 3.8) is 0 Å². The highest BCUT2D eigenvalue weighted by Gasteiger charge is 2.18. The lowest BCUT2D eigenvalue weighted by molar-refractivity contribution is 0.0615. The molecule has 1 atom stereocenters. The van der Waals surface area contributed by atoms with Crippen LogP contribution >= 0.6 is 11.6 Å². The minimum absolute atomic E-state index is 0.345. The Bertz CT molecular complexity index is 724. The molecule has 1 aromatic carbocycles. The first kappa shape index (κ1) is 18.1. The van der Waals surface area contributed by atoms with Crippen molar-refractivity contribution in [1.82, 2.24) is 9.97 Å². The number of fused-ring (bicyclic) bond motifs is 1. The predicted molar refractivity (Wildman–Crippen MR) is 100 cm³/mol. The molecule has 0 radical (unpaired) electrons. The van der Waals surface area contributed by atoms with E-state index in [2.05, 4.69) is 5.32 Å². The maximum Gasteiger partial charge on any atom is 0.161 e. The van der Waals surface area contributed by atoms with Crippen molar-refractivity contribution in [3.8, 4) is 11.4 Å². The number of nitrogens with one attached hydrogen (secondary N) is 1. The van der Waals surface area contributed by atoms with Crippen molar-refractivity contribution in [1.29, 1.82) is 0 Å². The van der Waals surface area contributed by atoms with E-state index in [4.69, 9.17) is 26.3 Å². The molecule has 134 valence electrons. The SMILES string of the molecule is COCC(O)CCNc1nc(-c2cccc(Cl)c2)nc2c1CCCC2. The van der Waals surface area contributed by atoms with Gasteiger partial charge in [-0.15, -0.1) is 0 Å². The van der Waals surface area contributed by atoms with Crippen molar-refractivity contribution in [2.24, 2.45) is 0 Å². The molecule has 0 bridgehead atoms. The van der Waals surface area contributed by atoms with E-state index in [9.17, 15) is 5.11 Å². The molecule has 1 aliphatic carbocycles. The van der Waals surface area contributed by atoms with Crippen LogP contribution in [0.25, 0.3) is 11.4 Å². The number of aliphatic hydroxyl groups excluding tert-OH is 1. The maximum atomic E-state index is 9.82. The van der Waals surface area contributed by atoms with Gasteiger partial charge in [-0.3, -0.25) is 0 Å². The van der Waals surface area contributed by atoms with Crippen LogP contribution in [0.3, 0.4) is 0 Å². The van der Waals surface area contributed by atoms with E-state index in [1.165, 1.54) is 5.56 Å². The smallest absolute Gasteiger partial charge is 0.161 e. The number of nitrogens with zero attached hydrogens (tertiary/aromatic N) is 2. The Labute approximate surface area is 153 Å². The summed E-state index contributed by atoms with van der Waals surface area (Å²) in [6, 6.07) is 7.62. The molecule has 0 saturated carbocycles. The van der Waals surface area contributed by atoms with Crippen LogP contribution in [0.4, 0.5) is 5.82 Å².